The summed E-state index contributed by atoms with van der Waals surface area (Å²) >= 11 is 1.31. The summed E-state index contributed by atoms with van der Waals surface area (Å²) in [6, 6.07) is 7.70. The molecular weight excluding hydrogens is 414 g/mol. The molecule has 0 atom stereocenters. The van der Waals surface area contributed by atoms with Gasteiger partial charge in [0.1, 0.15) is 12.3 Å². The number of amides is 1. The van der Waals surface area contributed by atoms with Crippen molar-refractivity contribution in [3.05, 3.63) is 63.4 Å². The van der Waals surface area contributed by atoms with Crippen LogP contribution in [0.25, 0.3) is 0 Å². The second kappa shape index (κ2) is 9.26. The topological polar surface area (TPSA) is 92.4 Å². The molecule has 1 aromatic carbocycles. The third-order valence-electron chi connectivity index (χ3n) is 5.00. The smallest absolute Gasteiger partial charge is 0.355 e. The highest BCUT2D eigenvalue weighted by molar-refractivity contribution is 7.14. The number of benzene rings is 1. The van der Waals surface area contributed by atoms with Crippen molar-refractivity contribution in [2.45, 2.75) is 47.6 Å². The van der Waals surface area contributed by atoms with Crippen LogP contribution in [-0.4, -0.2) is 27.6 Å². The van der Waals surface area contributed by atoms with Crippen LogP contribution in [0.2, 0.25) is 0 Å². The number of aryl methyl sites for hydroxylation is 2. The predicted octanol–water partition coefficient (Wildman–Crippen LogP) is 4.89. The fraction of sp³-hybridized carbons (Fsp3) is 0.304. The van der Waals surface area contributed by atoms with Gasteiger partial charge in [0.05, 0.1) is 11.4 Å². The third-order valence-corrected chi connectivity index (χ3v) is 5.88. The molecule has 0 saturated heterocycles. The quantitative estimate of drug-likeness (QED) is 0.418. The van der Waals surface area contributed by atoms with Crippen LogP contribution in [0, 0.1) is 13.8 Å². The predicted molar refractivity (Wildman–Crippen MR) is 120 cm³/mol. The Labute approximate surface area is 185 Å². The number of esters is 1. The highest BCUT2D eigenvalue weighted by Gasteiger charge is 2.23. The van der Waals surface area contributed by atoms with Gasteiger partial charge in [-0.25, -0.2) is 9.78 Å². The monoisotopic (exact) mass is 439 g/mol. The first-order valence-electron chi connectivity index (χ1n) is 9.94. The van der Waals surface area contributed by atoms with Crippen molar-refractivity contribution < 1.29 is 19.1 Å². The number of anilines is 2. The van der Waals surface area contributed by atoms with Crippen LogP contribution in [0.15, 0.2) is 29.6 Å². The SMILES string of the molecule is CCc1ccccc1N(C(C)=O)c1nc(COC(=O)c2[nH]c(C)c(C(C)=O)c2C)cs1. The number of carbonyl (C=O) groups excluding carboxylic acids is 3. The number of carbonyl (C=O) groups is 3. The highest BCUT2D eigenvalue weighted by atomic mass is 32.1. The Morgan fingerprint density at radius 1 is 1.16 bits per heavy atom. The second-order valence-electron chi connectivity index (χ2n) is 7.22. The summed E-state index contributed by atoms with van der Waals surface area (Å²) in [5, 5.41) is 2.28. The minimum Gasteiger partial charge on any atom is -0.454 e. The average Bonchev–Trinajstić information content (AvgIpc) is 3.30. The maximum absolute atomic E-state index is 12.5. The fourth-order valence-corrected chi connectivity index (χ4v) is 4.46. The van der Waals surface area contributed by atoms with E-state index in [1.54, 1.807) is 24.1 Å². The van der Waals surface area contributed by atoms with Crippen LogP contribution in [-0.2, 0) is 22.6 Å². The number of para-hydroxylation sites is 1. The van der Waals surface area contributed by atoms with E-state index in [-0.39, 0.29) is 24.0 Å². The van der Waals surface area contributed by atoms with Gasteiger partial charge in [-0.15, -0.1) is 11.3 Å². The largest absolute Gasteiger partial charge is 0.454 e. The molecule has 2 aromatic heterocycles. The lowest BCUT2D eigenvalue weighted by molar-refractivity contribution is -0.115. The number of hydrogen-bond donors (Lipinski definition) is 1. The molecule has 31 heavy (non-hydrogen) atoms. The summed E-state index contributed by atoms with van der Waals surface area (Å²) in [4.78, 5) is 45.7. The van der Waals surface area contributed by atoms with E-state index >= 15 is 0 Å². The number of aromatic nitrogens is 2. The van der Waals surface area contributed by atoms with Crippen molar-refractivity contribution in [1.29, 1.82) is 0 Å². The minimum absolute atomic E-state index is 0.0383. The molecule has 8 heteroatoms. The maximum Gasteiger partial charge on any atom is 0.355 e. The Balaban J connectivity index is 1.78. The Morgan fingerprint density at radius 3 is 2.48 bits per heavy atom. The summed E-state index contributed by atoms with van der Waals surface area (Å²) < 4.78 is 5.41. The number of thiazole rings is 1. The summed E-state index contributed by atoms with van der Waals surface area (Å²) in [5.41, 5.74) is 4.37. The molecule has 1 amide bonds. The first-order chi connectivity index (χ1) is 14.7. The molecule has 0 radical (unpaired) electrons. The lowest BCUT2D eigenvalue weighted by Crippen LogP contribution is -2.23. The van der Waals surface area contributed by atoms with Gasteiger partial charge in [0.2, 0.25) is 5.91 Å². The van der Waals surface area contributed by atoms with Crippen LogP contribution in [0.3, 0.4) is 0 Å². The van der Waals surface area contributed by atoms with Gasteiger partial charge in [-0.2, -0.15) is 0 Å². The van der Waals surface area contributed by atoms with Crippen molar-refractivity contribution >= 4 is 39.8 Å². The van der Waals surface area contributed by atoms with E-state index in [1.165, 1.54) is 25.2 Å². The fourth-order valence-electron chi connectivity index (χ4n) is 3.59. The van der Waals surface area contributed by atoms with Crippen LogP contribution in [0.1, 0.15) is 64.1 Å². The molecule has 0 aliphatic carbocycles. The Kier molecular flexibility index (Phi) is 6.70. The molecular formula is C23H25N3O4S. The zero-order valence-corrected chi connectivity index (χ0v) is 19.1. The molecule has 2 heterocycles. The van der Waals surface area contributed by atoms with E-state index in [0.717, 1.165) is 17.7 Å². The Hall–Kier alpha value is -3.26. The van der Waals surface area contributed by atoms with Gasteiger partial charge in [-0.1, -0.05) is 25.1 Å². The van der Waals surface area contributed by atoms with Crippen molar-refractivity contribution in [3.63, 3.8) is 0 Å². The average molecular weight is 440 g/mol. The zero-order chi connectivity index (χ0) is 22.7. The number of H-pyrrole nitrogens is 1. The normalized spacial score (nSPS) is 10.7. The lowest BCUT2D eigenvalue weighted by atomic mass is 10.1. The van der Waals surface area contributed by atoms with Crippen molar-refractivity contribution in [2.75, 3.05) is 4.90 Å². The summed E-state index contributed by atoms with van der Waals surface area (Å²) in [6.07, 6.45) is 0.785. The number of nitrogens with zero attached hydrogens (tertiary/aromatic N) is 2. The minimum atomic E-state index is -0.553. The van der Waals surface area contributed by atoms with Crippen molar-refractivity contribution in [1.82, 2.24) is 9.97 Å². The van der Waals surface area contributed by atoms with E-state index in [4.69, 9.17) is 4.74 Å². The number of rotatable bonds is 7. The van der Waals surface area contributed by atoms with Gasteiger partial charge in [-0.3, -0.25) is 14.5 Å². The van der Waals surface area contributed by atoms with Gasteiger partial charge in [0.25, 0.3) is 0 Å². The summed E-state index contributed by atoms with van der Waals surface area (Å²) in [6.45, 7) is 8.42. The first-order valence-corrected chi connectivity index (χ1v) is 10.8. The summed E-state index contributed by atoms with van der Waals surface area (Å²) in [7, 11) is 0. The number of hydrogen-bond acceptors (Lipinski definition) is 6. The highest BCUT2D eigenvalue weighted by Crippen LogP contribution is 2.32. The van der Waals surface area contributed by atoms with E-state index in [9.17, 15) is 14.4 Å². The van der Waals surface area contributed by atoms with E-state index in [0.29, 0.717) is 27.6 Å². The van der Waals surface area contributed by atoms with Gasteiger partial charge < -0.3 is 9.72 Å². The van der Waals surface area contributed by atoms with Gasteiger partial charge in [0.15, 0.2) is 10.9 Å². The van der Waals surface area contributed by atoms with Crippen LogP contribution < -0.4 is 4.90 Å². The Bertz CT molecular complexity index is 1150. The summed E-state index contributed by atoms with van der Waals surface area (Å²) in [5.74, 6) is -0.804. The molecule has 1 N–H and O–H groups in total. The molecule has 0 bridgehead atoms. The molecule has 0 fully saturated rings. The van der Waals surface area contributed by atoms with Gasteiger partial charge >= 0.3 is 5.97 Å². The molecule has 0 saturated carbocycles. The molecule has 7 nitrogen and oxygen atoms in total. The third kappa shape index (κ3) is 4.59. The zero-order valence-electron chi connectivity index (χ0n) is 18.2. The van der Waals surface area contributed by atoms with Crippen LogP contribution >= 0.6 is 11.3 Å². The molecule has 3 aromatic rings. The number of aromatic amines is 1. The number of ketones is 1. The van der Waals surface area contributed by atoms with E-state index in [1.807, 2.05) is 31.2 Å². The maximum atomic E-state index is 12.5. The first kappa shape index (κ1) is 22.4. The van der Waals surface area contributed by atoms with E-state index < -0.39 is 5.97 Å². The number of nitrogens with one attached hydrogen (secondary N) is 1. The molecule has 0 aliphatic heterocycles. The van der Waals surface area contributed by atoms with Crippen molar-refractivity contribution in [3.8, 4) is 0 Å². The lowest BCUT2D eigenvalue weighted by Gasteiger charge is -2.20. The Morgan fingerprint density at radius 2 is 1.87 bits per heavy atom. The molecule has 0 aliphatic rings. The van der Waals surface area contributed by atoms with Crippen LogP contribution in [0.5, 0.6) is 0 Å². The van der Waals surface area contributed by atoms with Gasteiger partial charge in [0, 0.05) is 23.6 Å². The molecule has 3 rings (SSSR count). The molecule has 0 spiro atoms. The van der Waals surface area contributed by atoms with Crippen LogP contribution in [0.4, 0.5) is 10.8 Å². The second-order valence-corrected chi connectivity index (χ2v) is 8.05. The molecule has 162 valence electrons. The van der Waals surface area contributed by atoms with Crippen molar-refractivity contribution in [2.24, 2.45) is 0 Å². The number of Topliss-reactive ketones (excluding diaryl/α,β-unsaturated/α-hetero) is 1. The number of ether oxygens (including phenoxy) is 1. The molecule has 0 unspecified atom stereocenters. The van der Waals surface area contributed by atoms with Gasteiger partial charge in [-0.05, 0) is 44.4 Å². The van der Waals surface area contributed by atoms with E-state index in [2.05, 4.69) is 9.97 Å². The standard InChI is InChI=1S/C23H25N3O4S/c1-6-17-9-7-8-10-19(17)26(16(5)28)23-25-18(12-31-23)11-30-22(29)21-13(2)20(15(4)27)14(3)24-21/h7-10,12,24H,6,11H2,1-5H3.